The molecule has 3 aromatic heterocycles. The van der Waals surface area contributed by atoms with Crippen molar-refractivity contribution in [2.45, 2.75) is 12.1 Å². The fourth-order valence-electron chi connectivity index (χ4n) is 3.80. The van der Waals surface area contributed by atoms with Crippen LogP contribution in [0, 0.1) is 11.8 Å². The van der Waals surface area contributed by atoms with Gasteiger partial charge in [0.2, 0.25) is 5.54 Å². The number of nitrogens with one attached hydrogen (secondary N) is 2. The van der Waals surface area contributed by atoms with Crippen molar-refractivity contribution in [3.05, 3.63) is 36.5 Å². The third kappa shape index (κ3) is 3.14. The highest BCUT2D eigenvalue weighted by Crippen LogP contribution is 2.32. The first-order valence-electron chi connectivity index (χ1n) is 9.77. The zero-order valence-corrected chi connectivity index (χ0v) is 17.6. The monoisotopic (exact) mass is 446 g/mol. The van der Waals surface area contributed by atoms with Crippen molar-refractivity contribution in [1.82, 2.24) is 34.7 Å². The van der Waals surface area contributed by atoms with Crippen LogP contribution < -0.4 is 21.1 Å². The van der Waals surface area contributed by atoms with E-state index in [9.17, 15) is 14.7 Å². The highest BCUT2D eigenvalue weighted by atomic mass is 16.5. The fraction of sp³-hybridized carbons (Fsp3) is 0.190. The quantitative estimate of drug-likeness (QED) is 0.257. The van der Waals surface area contributed by atoms with Gasteiger partial charge in [-0.2, -0.15) is 0 Å². The Morgan fingerprint density at radius 1 is 1.30 bits per heavy atom. The lowest BCUT2D eigenvalue weighted by molar-refractivity contribution is -0.122. The first-order chi connectivity index (χ1) is 15.8. The van der Waals surface area contributed by atoms with Crippen LogP contribution in [0.25, 0.3) is 21.9 Å². The number of imide groups is 1. The number of nitrogen functional groups attached to an aromatic ring is 1. The maximum absolute atomic E-state index is 12.8. The van der Waals surface area contributed by atoms with Crippen LogP contribution in [-0.2, 0) is 18.4 Å². The molecule has 1 aliphatic rings. The predicted molar refractivity (Wildman–Crippen MR) is 117 cm³/mol. The summed E-state index contributed by atoms with van der Waals surface area (Å²) in [5.74, 6) is 6.02. The number of amides is 3. The van der Waals surface area contributed by atoms with E-state index in [0.717, 1.165) is 5.39 Å². The molecule has 12 nitrogen and oxygen atoms in total. The number of nitrogens with two attached hydrogens (primary N) is 1. The molecule has 5 N–H and O–H groups in total. The van der Waals surface area contributed by atoms with Crippen molar-refractivity contribution in [1.29, 1.82) is 0 Å². The Kier molecular flexibility index (Phi) is 4.35. The van der Waals surface area contributed by atoms with E-state index in [2.05, 4.69) is 37.4 Å². The smallest absolute Gasteiger partial charge is 0.323 e. The number of carbonyl (C=O) groups excluding carboxylic acids is 2. The standard InChI is InChI=1S/C21H18N8O4/c1-28-14(25-17-15(28)16(22)23-10-24-17)5-6-21(19(31)26-20(32)27-21)9-29-8-11-3-4-12(33-2)7-13(11)18(29)30/h3-4,7-8,10,30H,9H2,1-2H3,(H2,22,23,24)(H2,26,27,31,32)/t21-/m1/s1. The van der Waals surface area contributed by atoms with E-state index in [1.807, 2.05) is 0 Å². The van der Waals surface area contributed by atoms with Gasteiger partial charge in [-0.25, -0.2) is 19.7 Å². The highest BCUT2D eigenvalue weighted by molar-refractivity contribution is 6.09. The summed E-state index contributed by atoms with van der Waals surface area (Å²) < 4.78 is 8.26. The molecule has 1 aliphatic heterocycles. The molecule has 12 heteroatoms. The zero-order chi connectivity index (χ0) is 23.3. The molecule has 3 amide bonds. The lowest BCUT2D eigenvalue weighted by Crippen LogP contribution is -2.49. The molecule has 1 fully saturated rings. The van der Waals surface area contributed by atoms with Crippen molar-refractivity contribution >= 4 is 39.7 Å². The molecule has 0 radical (unpaired) electrons. The van der Waals surface area contributed by atoms with Gasteiger partial charge in [0, 0.05) is 24.0 Å². The molecule has 1 atom stereocenters. The summed E-state index contributed by atoms with van der Waals surface area (Å²) in [6.45, 7) is -0.147. The molecular weight excluding hydrogens is 428 g/mol. The van der Waals surface area contributed by atoms with Gasteiger partial charge >= 0.3 is 6.03 Å². The molecule has 0 unspecified atom stereocenters. The van der Waals surface area contributed by atoms with Gasteiger partial charge in [-0.1, -0.05) is 5.92 Å². The van der Waals surface area contributed by atoms with Crippen molar-refractivity contribution in [2.24, 2.45) is 7.05 Å². The highest BCUT2D eigenvalue weighted by Gasteiger charge is 2.46. The lowest BCUT2D eigenvalue weighted by Gasteiger charge is -2.20. The molecule has 166 valence electrons. The molecule has 0 spiro atoms. The van der Waals surface area contributed by atoms with Gasteiger partial charge in [0.25, 0.3) is 5.91 Å². The normalized spacial score (nSPS) is 17.6. The Balaban J connectivity index is 1.59. The van der Waals surface area contributed by atoms with E-state index in [1.54, 1.807) is 36.0 Å². The number of aromatic hydroxyl groups is 1. The minimum Gasteiger partial charge on any atom is -0.497 e. The van der Waals surface area contributed by atoms with Gasteiger partial charge in [-0.05, 0) is 24.1 Å². The van der Waals surface area contributed by atoms with Crippen LogP contribution in [0.15, 0.2) is 30.7 Å². The number of benzene rings is 1. The van der Waals surface area contributed by atoms with Crippen LogP contribution in [0.1, 0.15) is 5.82 Å². The van der Waals surface area contributed by atoms with Gasteiger partial charge in [-0.15, -0.1) is 0 Å². The molecule has 0 aliphatic carbocycles. The summed E-state index contributed by atoms with van der Waals surface area (Å²) in [4.78, 5) is 37.2. The van der Waals surface area contributed by atoms with E-state index in [0.29, 0.717) is 22.3 Å². The number of aromatic nitrogens is 5. The van der Waals surface area contributed by atoms with Crippen LogP contribution in [-0.4, -0.2) is 53.8 Å². The number of hydrogen-bond acceptors (Lipinski definition) is 8. The van der Waals surface area contributed by atoms with E-state index < -0.39 is 17.5 Å². The number of urea groups is 1. The van der Waals surface area contributed by atoms with Crippen LogP contribution in [0.4, 0.5) is 10.6 Å². The average Bonchev–Trinajstić information content (AvgIpc) is 3.38. The van der Waals surface area contributed by atoms with E-state index in [1.165, 1.54) is 18.0 Å². The summed E-state index contributed by atoms with van der Waals surface area (Å²) in [6, 6.07) is 4.53. The molecule has 1 saturated heterocycles. The molecule has 0 saturated carbocycles. The van der Waals surface area contributed by atoms with Crippen molar-refractivity contribution in [3.63, 3.8) is 0 Å². The van der Waals surface area contributed by atoms with Gasteiger partial charge < -0.3 is 30.0 Å². The average molecular weight is 446 g/mol. The molecular formula is C21H18N8O4. The summed E-state index contributed by atoms with van der Waals surface area (Å²) in [5.41, 5.74) is 5.11. The largest absolute Gasteiger partial charge is 0.497 e. The maximum atomic E-state index is 12.8. The Bertz CT molecular complexity index is 1530. The second-order valence-corrected chi connectivity index (χ2v) is 7.52. The number of carbonyl (C=O) groups is 2. The van der Waals surface area contributed by atoms with Gasteiger partial charge in [-0.3, -0.25) is 10.1 Å². The van der Waals surface area contributed by atoms with E-state index >= 15 is 0 Å². The van der Waals surface area contributed by atoms with Crippen LogP contribution >= 0.6 is 0 Å². The Morgan fingerprint density at radius 2 is 2.12 bits per heavy atom. The molecule has 4 heterocycles. The number of aryl methyl sites for hydroxylation is 1. The van der Waals surface area contributed by atoms with Gasteiger partial charge in [0.05, 0.1) is 13.7 Å². The molecule has 33 heavy (non-hydrogen) atoms. The number of nitrogens with zero attached hydrogens (tertiary/aromatic N) is 5. The Hall–Kier alpha value is -4.79. The fourth-order valence-corrected chi connectivity index (χ4v) is 3.80. The topological polar surface area (TPSA) is 162 Å². The SMILES string of the molecule is COc1ccc2cn(C[C@@]3(C#Cc4nc5ncnc(N)c5n4C)NC(=O)NC3=O)c(O)c2c1. The minimum absolute atomic E-state index is 0.0928. The molecule has 1 aromatic carbocycles. The Labute approximate surface area is 186 Å². The maximum Gasteiger partial charge on any atom is 0.323 e. The predicted octanol–water partition coefficient (Wildman–Crippen LogP) is 0.244. The first-order valence-corrected chi connectivity index (χ1v) is 9.77. The third-order valence-corrected chi connectivity index (χ3v) is 5.50. The summed E-state index contributed by atoms with van der Waals surface area (Å²) in [7, 11) is 3.22. The number of fused-ring (bicyclic) bond motifs is 2. The summed E-state index contributed by atoms with van der Waals surface area (Å²) in [6.07, 6.45) is 2.96. The first kappa shape index (κ1) is 20.1. The number of ether oxygens (including phenoxy) is 1. The van der Waals surface area contributed by atoms with Crippen molar-refractivity contribution in [2.75, 3.05) is 12.8 Å². The number of hydrogen-bond donors (Lipinski definition) is 4. The number of methoxy groups -OCH3 is 1. The molecule has 0 bridgehead atoms. The van der Waals surface area contributed by atoms with Crippen molar-refractivity contribution < 1.29 is 19.4 Å². The number of rotatable bonds is 3. The number of anilines is 1. The molecule has 5 rings (SSSR count). The lowest BCUT2D eigenvalue weighted by atomic mass is 10.0. The van der Waals surface area contributed by atoms with Crippen LogP contribution in [0.3, 0.4) is 0 Å². The third-order valence-electron chi connectivity index (χ3n) is 5.50. The molecule has 4 aromatic rings. The number of imidazole rings is 1. The summed E-state index contributed by atoms with van der Waals surface area (Å²) >= 11 is 0. The van der Waals surface area contributed by atoms with Crippen LogP contribution in [0.2, 0.25) is 0 Å². The second kappa shape index (κ2) is 7.13. The van der Waals surface area contributed by atoms with E-state index in [-0.39, 0.29) is 24.1 Å². The Morgan fingerprint density at radius 3 is 2.82 bits per heavy atom. The van der Waals surface area contributed by atoms with Gasteiger partial charge in [0.15, 0.2) is 23.2 Å². The zero-order valence-electron chi connectivity index (χ0n) is 17.6. The minimum atomic E-state index is -1.65. The van der Waals surface area contributed by atoms with Crippen molar-refractivity contribution in [3.8, 4) is 23.5 Å². The van der Waals surface area contributed by atoms with Gasteiger partial charge in [0.1, 0.15) is 17.6 Å². The summed E-state index contributed by atoms with van der Waals surface area (Å²) in [5, 5.41) is 16.8. The second-order valence-electron chi connectivity index (χ2n) is 7.52. The van der Waals surface area contributed by atoms with Crippen LogP contribution in [0.5, 0.6) is 11.6 Å². The van der Waals surface area contributed by atoms with E-state index in [4.69, 9.17) is 10.5 Å².